The Hall–Kier alpha value is -1.72. The molecule has 1 heterocycles. The first kappa shape index (κ1) is 23.3. The van der Waals surface area contributed by atoms with Crippen LogP contribution in [0.3, 0.4) is 0 Å². The first-order valence-corrected chi connectivity index (χ1v) is 10.7. The molecule has 0 radical (unpaired) electrons. The van der Waals surface area contributed by atoms with Gasteiger partial charge in [-0.2, -0.15) is 0 Å². The highest BCUT2D eigenvalue weighted by molar-refractivity contribution is 7.14. The molecule has 27 heavy (non-hydrogen) atoms. The molecule has 0 aliphatic rings. The van der Waals surface area contributed by atoms with Gasteiger partial charge in [0.1, 0.15) is 0 Å². The van der Waals surface area contributed by atoms with Crippen LogP contribution in [0.5, 0.6) is 0 Å². The number of hydrogen-bond acceptors (Lipinski definition) is 4. The normalized spacial score (nSPS) is 11.6. The van der Waals surface area contributed by atoms with E-state index in [1.165, 1.54) is 43.4 Å². The van der Waals surface area contributed by atoms with Crippen molar-refractivity contribution in [1.29, 1.82) is 0 Å². The van der Waals surface area contributed by atoms with E-state index < -0.39 is 5.97 Å². The molecule has 150 valence electrons. The zero-order valence-electron chi connectivity index (χ0n) is 16.1. The van der Waals surface area contributed by atoms with Gasteiger partial charge in [-0.3, -0.25) is 9.59 Å². The molecule has 0 aliphatic carbocycles. The summed E-state index contributed by atoms with van der Waals surface area (Å²) in [6.07, 6.45) is 18.3. The van der Waals surface area contributed by atoms with Gasteiger partial charge in [0.2, 0.25) is 0 Å². The van der Waals surface area contributed by atoms with Crippen LogP contribution in [0.15, 0.2) is 30.4 Å². The highest BCUT2D eigenvalue weighted by Gasteiger charge is 2.09. The van der Waals surface area contributed by atoms with Crippen molar-refractivity contribution in [2.45, 2.75) is 70.6 Å². The minimum absolute atomic E-state index is 0.0211. The van der Waals surface area contributed by atoms with Crippen LogP contribution < -0.4 is 0 Å². The number of carbonyl (C=O) groups excluding carboxylic acids is 1. The molecule has 0 amide bonds. The van der Waals surface area contributed by atoms with E-state index >= 15 is 0 Å². The topological polar surface area (TPSA) is 74.6 Å². The summed E-state index contributed by atoms with van der Waals surface area (Å²) in [7, 11) is 0. The number of Topliss-reactive ketones (excluding diaryl/α,β-unsaturated/α-hetero) is 1. The Balaban J connectivity index is 2.14. The van der Waals surface area contributed by atoms with Gasteiger partial charge in [0, 0.05) is 24.3 Å². The van der Waals surface area contributed by atoms with Crippen molar-refractivity contribution >= 4 is 29.2 Å². The SMILES string of the molecule is O=C(O)CCCC(=O)c1ccc(C=CC=CCCCCCCCCCO)s1. The average Bonchev–Trinajstić information content (AvgIpc) is 3.11. The summed E-state index contributed by atoms with van der Waals surface area (Å²) < 4.78 is 0. The fourth-order valence-electron chi connectivity index (χ4n) is 2.70. The number of unbranched alkanes of at least 4 members (excludes halogenated alkanes) is 7. The van der Waals surface area contributed by atoms with E-state index in [4.69, 9.17) is 10.2 Å². The quantitative estimate of drug-likeness (QED) is 0.210. The summed E-state index contributed by atoms with van der Waals surface area (Å²) in [5.74, 6) is -0.838. The molecule has 0 aliphatic heterocycles. The van der Waals surface area contributed by atoms with Gasteiger partial charge in [-0.1, -0.05) is 50.3 Å². The molecule has 0 spiro atoms. The zero-order chi connectivity index (χ0) is 19.7. The first-order chi connectivity index (χ1) is 13.1. The van der Waals surface area contributed by atoms with Gasteiger partial charge in [0.25, 0.3) is 0 Å². The number of carbonyl (C=O) groups is 2. The second-order valence-electron chi connectivity index (χ2n) is 6.65. The van der Waals surface area contributed by atoms with Crippen LogP contribution in [0.2, 0.25) is 0 Å². The van der Waals surface area contributed by atoms with Crippen molar-refractivity contribution in [1.82, 2.24) is 0 Å². The summed E-state index contributed by atoms with van der Waals surface area (Å²) >= 11 is 1.45. The van der Waals surface area contributed by atoms with E-state index in [0.717, 1.165) is 24.1 Å². The van der Waals surface area contributed by atoms with Gasteiger partial charge >= 0.3 is 5.97 Å². The van der Waals surface area contributed by atoms with Crippen molar-refractivity contribution in [3.05, 3.63) is 40.1 Å². The van der Waals surface area contributed by atoms with Gasteiger partial charge in [-0.25, -0.2) is 0 Å². The van der Waals surface area contributed by atoms with E-state index in [9.17, 15) is 9.59 Å². The molecule has 0 bridgehead atoms. The molecule has 0 saturated heterocycles. The number of hydrogen-bond donors (Lipinski definition) is 2. The van der Waals surface area contributed by atoms with Crippen LogP contribution in [-0.2, 0) is 4.79 Å². The molecule has 0 atom stereocenters. The summed E-state index contributed by atoms with van der Waals surface area (Å²) in [6.45, 7) is 0.314. The highest BCUT2D eigenvalue weighted by Crippen LogP contribution is 2.20. The van der Waals surface area contributed by atoms with Crippen LogP contribution in [-0.4, -0.2) is 28.6 Å². The van der Waals surface area contributed by atoms with E-state index in [0.29, 0.717) is 17.9 Å². The smallest absolute Gasteiger partial charge is 0.303 e. The fourth-order valence-corrected chi connectivity index (χ4v) is 3.59. The Kier molecular flexibility index (Phi) is 13.3. The molecule has 0 unspecified atom stereocenters. The lowest BCUT2D eigenvalue weighted by atomic mass is 10.1. The standard InChI is InChI=1S/C22H32O4S/c23-18-11-9-7-5-3-1-2-4-6-8-10-13-19-16-17-21(27-19)20(24)14-12-15-22(25)26/h6,8,10,13,16-17,23H,1-5,7,9,11-12,14-15,18H2,(H,25,26). The molecular formula is C22H32O4S. The average molecular weight is 393 g/mol. The first-order valence-electron chi connectivity index (χ1n) is 9.92. The van der Waals surface area contributed by atoms with Crippen molar-refractivity contribution < 1.29 is 19.8 Å². The van der Waals surface area contributed by atoms with Gasteiger partial charge < -0.3 is 10.2 Å². The van der Waals surface area contributed by atoms with E-state index in [2.05, 4.69) is 12.2 Å². The number of aliphatic hydroxyl groups excluding tert-OH is 1. The van der Waals surface area contributed by atoms with Crippen LogP contribution >= 0.6 is 11.3 Å². The van der Waals surface area contributed by atoms with Crippen LogP contribution in [0.25, 0.3) is 6.08 Å². The van der Waals surface area contributed by atoms with Crippen molar-refractivity contribution in [3.8, 4) is 0 Å². The Labute approximate surface area is 166 Å². The molecule has 5 heteroatoms. The van der Waals surface area contributed by atoms with Gasteiger partial charge in [0.05, 0.1) is 4.88 Å². The minimum Gasteiger partial charge on any atom is -0.481 e. The molecule has 4 nitrogen and oxygen atoms in total. The molecular weight excluding hydrogens is 360 g/mol. The second-order valence-corrected chi connectivity index (χ2v) is 7.76. The Morgan fingerprint density at radius 3 is 2.30 bits per heavy atom. The summed E-state index contributed by atoms with van der Waals surface area (Å²) in [5, 5.41) is 17.3. The lowest BCUT2D eigenvalue weighted by Crippen LogP contribution is -1.99. The zero-order valence-corrected chi connectivity index (χ0v) is 16.9. The molecule has 1 rings (SSSR count). The number of ketones is 1. The number of rotatable bonds is 16. The maximum Gasteiger partial charge on any atom is 0.303 e. The van der Waals surface area contributed by atoms with Gasteiger partial charge in [-0.05, 0) is 43.9 Å². The number of aliphatic hydroxyl groups is 1. The third kappa shape index (κ3) is 12.3. The molecule has 0 fully saturated rings. The predicted octanol–water partition coefficient (Wildman–Crippen LogP) is 5.87. The number of aliphatic carboxylic acids is 1. The van der Waals surface area contributed by atoms with Gasteiger partial charge in [-0.15, -0.1) is 11.3 Å². The lowest BCUT2D eigenvalue weighted by Gasteiger charge is -1.99. The molecule has 1 aromatic rings. The van der Waals surface area contributed by atoms with Gasteiger partial charge in [0.15, 0.2) is 5.78 Å². The maximum absolute atomic E-state index is 12.0. The Bertz CT molecular complexity index is 601. The number of thiophene rings is 1. The van der Waals surface area contributed by atoms with Crippen LogP contribution in [0.4, 0.5) is 0 Å². The monoisotopic (exact) mass is 392 g/mol. The third-order valence-electron chi connectivity index (χ3n) is 4.23. The van der Waals surface area contributed by atoms with Crippen LogP contribution in [0.1, 0.15) is 85.2 Å². The largest absolute Gasteiger partial charge is 0.481 e. The number of carboxylic acids is 1. The summed E-state index contributed by atoms with van der Waals surface area (Å²) in [5.41, 5.74) is 0. The Morgan fingerprint density at radius 2 is 1.59 bits per heavy atom. The van der Waals surface area contributed by atoms with E-state index in [-0.39, 0.29) is 18.6 Å². The highest BCUT2D eigenvalue weighted by atomic mass is 32.1. The number of carboxylic acid groups (broad SMARTS) is 1. The van der Waals surface area contributed by atoms with Crippen molar-refractivity contribution in [3.63, 3.8) is 0 Å². The molecule has 1 aromatic heterocycles. The second kappa shape index (κ2) is 15.3. The molecule has 0 saturated carbocycles. The third-order valence-corrected chi connectivity index (χ3v) is 5.32. The van der Waals surface area contributed by atoms with Crippen molar-refractivity contribution in [2.24, 2.45) is 0 Å². The van der Waals surface area contributed by atoms with E-state index in [1.807, 2.05) is 24.3 Å². The Morgan fingerprint density at radius 1 is 0.889 bits per heavy atom. The van der Waals surface area contributed by atoms with E-state index in [1.54, 1.807) is 0 Å². The summed E-state index contributed by atoms with van der Waals surface area (Å²) in [6, 6.07) is 3.74. The molecule has 0 aromatic carbocycles. The minimum atomic E-state index is -0.859. The fraction of sp³-hybridized carbons (Fsp3) is 0.545. The predicted molar refractivity (Wildman–Crippen MR) is 112 cm³/mol. The van der Waals surface area contributed by atoms with Crippen LogP contribution in [0, 0.1) is 0 Å². The lowest BCUT2D eigenvalue weighted by molar-refractivity contribution is -0.137. The van der Waals surface area contributed by atoms with Crippen molar-refractivity contribution in [2.75, 3.05) is 6.61 Å². The number of allylic oxidation sites excluding steroid dienone is 3. The summed E-state index contributed by atoms with van der Waals surface area (Å²) in [4.78, 5) is 24.2. The molecule has 2 N–H and O–H groups in total. The maximum atomic E-state index is 12.0.